The Morgan fingerprint density at radius 1 is 0.302 bits per heavy atom. The van der Waals surface area contributed by atoms with Gasteiger partial charge in [0, 0.05) is 6.42 Å². The Labute approximate surface area is 336 Å². The molecule has 0 amide bonds. The fraction of sp³-hybridized carbons (Fsp3) is 0.941. The second kappa shape index (κ2) is 49.2. The van der Waals surface area contributed by atoms with E-state index in [0.29, 0.717) is 13.0 Å². The average Bonchev–Trinajstić information content (AvgIpc) is 3.16. The van der Waals surface area contributed by atoms with Gasteiger partial charge in [-0.2, -0.15) is 0 Å². The Bertz CT molecular complexity index is 684. The number of rotatable bonds is 47. The van der Waals surface area contributed by atoms with Crippen LogP contribution in [0.2, 0.25) is 0 Å². The third-order valence-corrected chi connectivity index (χ3v) is 11.7. The predicted octanol–water partition coefficient (Wildman–Crippen LogP) is 18.7. The molecule has 53 heavy (non-hydrogen) atoms. The molecule has 0 aliphatic rings. The molecular formula is C51H100O2. The van der Waals surface area contributed by atoms with Crippen LogP contribution in [-0.2, 0) is 9.53 Å². The van der Waals surface area contributed by atoms with Gasteiger partial charge in [-0.15, -0.1) is 0 Å². The maximum atomic E-state index is 12.0. The third kappa shape index (κ3) is 49.2. The molecule has 0 aromatic carbocycles. The monoisotopic (exact) mass is 745 g/mol. The number of hydrogen-bond donors (Lipinski definition) is 0. The molecule has 0 aromatic rings. The fourth-order valence-electron chi connectivity index (χ4n) is 7.90. The van der Waals surface area contributed by atoms with Gasteiger partial charge < -0.3 is 4.74 Å². The standard InChI is InChI=1S/C51H100O2/c1-3-5-7-9-11-13-15-17-19-21-22-23-24-25-26-27-28-29-30-31-32-33-34-35-37-39-41-43-45-47-49-51(52)53-50-48-46-44-42-40-38-36-20-18-16-14-12-10-8-6-4-2/h18,20H,3-17,19,21-50H2,1-2H3/b20-18-. The molecule has 0 aliphatic heterocycles. The minimum atomic E-state index is 0.0259. The van der Waals surface area contributed by atoms with Crippen LogP contribution in [0.15, 0.2) is 12.2 Å². The number of allylic oxidation sites excluding steroid dienone is 2. The van der Waals surface area contributed by atoms with Crippen LogP contribution >= 0.6 is 0 Å². The topological polar surface area (TPSA) is 26.3 Å². The van der Waals surface area contributed by atoms with Crippen molar-refractivity contribution in [3.05, 3.63) is 12.2 Å². The van der Waals surface area contributed by atoms with Crippen molar-refractivity contribution in [3.63, 3.8) is 0 Å². The molecule has 0 N–H and O–H groups in total. The first-order valence-electron chi connectivity index (χ1n) is 25.1. The van der Waals surface area contributed by atoms with Gasteiger partial charge in [0.05, 0.1) is 6.61 Å². The zero-order valence-corrected chi connectivity index (χ0v) is 37.0. The molecule has 0 unspecified atom stereocenters. The van der Waals surface area contributed by atoms with Crippen LogP contribution < -0.4 is 0 Å². The Balaban J connectivity index is 3.15. The highest BCUT2D eigenvalue weighted by Crippen LogP contribution is 2.17. The molecule has 0 spiro atoms. The van der Waals surface area contributed by atoms with Crippen LogP contribution in [0.5, 0.6) is 0 Å². The lowest BCUT2D eigenvalue weighted by molar-refractivity contribution is -0.143. The third-order valence-electron chi connectivity index (χ3n) is 11.7. The van der Waals surface area contributed by atoms with Gasteiger partial charge in [0.1, 0.15) is 0 Å². The summed E-state index contributed by atoms with van der Waals surface area (Å²) in [5.74, 6) is 0.0259. The maximum absolute atomic E-state index is 12.0. The highest BCUT2D eigenvalue weighted by Gasteiger charge is 2.03. The van der Waals surface area contributed by atoms with E-state index in [1.807, 2.05) is 0 Å². The van der Waals surface area contributed by atoms with E-state index in [9.17, 15) is 4.79 Å². The van der Waals surface area contributed by atoms with Crippen molar-refractivity contribution in [1.82, 2.24) is 0 Å². The van der Waals surface area contributed by atoms with E-state index in [1.54, 1.807) is 0 Å². The molecule has 0 radical (unpaired) electrons. The largest absolute Gasteiger partial charge is 0.466 e. The van der Waals surface area contributed by atoms with E-state index in [-0.39, 0.29) is 5.97 Å². The molecule has 0 saturated carbocycles. The molecular weight excluding hydrogens is 645 g/mol. The number of carbonyl (C=O) groups excluding carboxylic acids is 1. The van der Waals surface area contributed by atoms with Crippen LogP contribution in [0.25, 0.3) is 0 Å². The van der Waals surface area contributed by atoms with Crippen molar-refractivity contribution >= 4 is 5.97 Å². The summed E-state index contributed by atoms with van der Waals surface area (Å²) in [6.45, 7) is 5.21. The lowest BCUT2D eigenvalue weighted by Crippen LogP contribution is -2.05. The van der Waals surface area contributed by atoms with Gasteiger partial charge in [-0.05, 0) is 38.5 Å². The number of esters is 1. The summed E-state index contributed by atoms with van der Waals surface area (Å²) in [5.41, 5.74) is 0. The van der Waals surface area contributed by atoms with Crippen LogP contribution in [0.4, 0.5) is 0 Å². The van der Waals surface area contributed by atoms with Crippen molar-refractivity contribution in [2.45, 2.75) is 303 Å². The van der Waals surface area contributed by atoms with Crippen molar-refractivity contribution in [1.29, 1.82) is 0 Å². The second-order valence-corrected chi connectivity index (χ2v) is 17.2. The Hall–Kier alpha value is -0.790. The molecule has 0 fully saturated rings. The van der Waals surface area contributed by atoms with Gasteiger partial charge in [0.25, 0.3) is 0 Å². The van der Waals surface area contributed by atoms with E-state index in [1.165, 1.54) is 270 Å². The summed E-state index contributed by atoms with van der Waals surface area (Å²) in [5, 5.41) is 0. The van der Waals surface area contributed by atoms with Crippen molar-refractivity contribution in [3.8, 4) is 0 Å². The van der Waals surface area contributed by atoms with Crippen LogP contribution in [0.1, 0.15) is 303 Å². The Kier molecular flexibility index (Phi) is 48.5. The molecule has 316 valence electrons. The number of carbonyl (C=O) groups is 1. The van der Waals surface area contributed by atoms with E-state index >= 15 is 0 Å². The highest BCUT2D eigenvalue weighted by atomic mass is 16.5. The smallest absolute Gasteiger partial charge is 0.305 e. The first kappa shape index (κ1) is 52.2. The van der Waals surface area contributed by atoms with Gasteiger partial charge in [-0.3, -0.25) is 4.79 Å². The summed E-state index contributed by atoms with van der Waals surface area (Å²) >= 11 is 0. The van der Waals surface area contributed by atoms with Crippen molar-refractivity contribution < 1.29 is 9.53 Å². The molecule has 0 atom stereocenters. The molecule has 0 aromatic heterocycles. The summed E-state index contributed by atoms with van der Waals surface area (Å²) in [6.07, 6.45) is 66.4. The van der Waals surface area contributed by atoms with Gasteiger partial charge in [0.2, 0.25) is 0 Å². The molecule has 0 heterocycles. The van der Waals surface area contributed by atoms with E-state index in [0.717, 1.165) is 12.8 Å². The minimum Gasteiger partial charge on any atom is -0.466 e. The molecule has 2 nitrogen and oxygen atoms in total. The average molecular weight is 745 g/mol. The lowest BCUT2D eigenvalue weighted by atomic mass is 10.0. The molecule has 0 saturated heterocycles. The molecule has 0 bridgehead atoms. The van der Waals surface area contributed by atoms with E-state index < -0.39 is 0 Å². The Morgan fingerprint density at radius 2 is 0.528 bits per heavy atom. The number of hydrogen-bond acceptors (Lipinski definition) is 2. The van der Waals surface area contributed by atoms with Crippen LogP contribution in [0, 0.1) is 0 Å². The normalized spacial score (nSPS) is 11.7. The van der Waals surface area contributed by atoms with Crippen molar-refractivity contribution in [2.24, 2.45) is 0 Å². The van der Waals surface area contributed by atoms with E-state index in [2.05, 4.69) is 26.0 Å². The predicted molar refractivity (Wildman–Crippen MR) is 239 cm³/mol. The second-order valence-electron chi connectivity index (χ2n) is 17.2. The molecule has 0 aliphatic carbocycles. The molecule has 2 heteroatoms. The van der Waals surface area contributed by atoms with Gasteiger partial charge >= 0.3 is 5.97 Å². The first-order valence-corrected chi connectivity index (χ1v) is 25.1. The Morgan fingerprint density at radius 3 is 0.811 bits per heavy atom. The van der Waals surface area contributed by atoms with E-state index in [4.69, 9.17) is 4.74 Å². The van der Waals surface area contributed by atoms with Crippen LogP contribution in [0.3, 0.4) is 0 Å². The lowest BCUT2D eigenvalue weighted by Gasteiger charge is -2.06. The van der Waals surface area contributed by atoms with Gasteiger partial charge in [0.15, 0.2) is 0 Å². The zero-order valence-electron chi connectivity index (χ0n) is 37.0. The SMILES string of the molecule is CCCCCCCC/C=C\CCCCCCCCOC(=O)CCCCCCCCCCCCCCCCCCCCCCCCCCCCCCCC. The summed E-state index contributed by atoms with van der Waals surface area (Å²) in [7, 11) is 0. The van der Waals surface area contributed by atoms with Gasteiger partial charge in [-0.25, -0.2) is 0 Å². The summed E-state index contributed by atoms with van der Waals surface area (Å²) < 4.78 is 5.48. The fourth-order valence-corrected chi connectivity index (χ4v) is 7.90. The van der Waals surface area contributed by atoms with Crippen LogP contribution in [-0.4, -0.2) is 12.6 Å². The quantitative estimate of drug-likeness (QED) is 0.0352. The maximum Gasteiger partial charge on any atom is 0.305 e. The van der Waals surface area contributed by atoms with Crippen molar-refractivity contribution in [2.75, 3.05) is 6.61 Å². The molecule has 0 rings (SSSR count). The number of ether oxygens (including phenoxy) is 1. The van der Waals surface area contributed by atoms with Gasteiger partial charge in [-0.1, -0.05) is 270 Å². The summed E-state index contributed by atoms with van der Waals surface area (Å²) in [4.78, 5) is 12.0. The number of unbranched alkanes of at least 4 members (excludes halogenated alkanes) is 41. The highest BCUT2D eigenvalue weighted by molar-refractivity contribution is 5.69. The first-order chi connectivity index (χ1) is 26.3. The zero-order chi connectivity index (χ0) is 38.2. The minimum absolute atomic E-state index is 0.0259. The summed E-state index contributed by atoms with van der Waals surface area (Å²) in [6, 6.07) is 0.